The Morgan fingerprint density at radius 1 is 1.64 bits per heavy atom. The van der Waals surface area contributed by atoms with Gasteiger partial charge in [-0.2, -0.15) is 0 Å². The molecule has 0 atom stereocenters. The molecule has 0 aliphatic carbocycles. The Labute approximate surface area is 66.2 Å². The van der Waals surface area contributed by atoms with Crippen LogP contribution >= 0.6 is 0 Å². The van der Waals surface area contributed by atoms with Crippen LogP contribution in [0, 0.1) is 0 Å². The van der Waals surface area contributed by atoms with E-state index in [-0.39, 0.29) is 0 Å². The van der Waals surface area contributed by atoms with Gasteiger partial charge < -0.3 is 5.32 Å². The summed E-state index contributed by atoms with van der Waals surface area (Å²) in [5, 5.41) is 3.00. The predicted octanol–water partition coefficient (Wildman–Crippen LogP) is 1.85. The van der Waals surface area contributed by atoms with E-state index in [9.17, 15) is 0 Å². The van der Waals surface area contributed by atoms with Crippen molar-refractivity contribution >= 4 is 17.6 Å². The smallest absolute Gasteiger partial charge is 0.0888 e. The fraction of sp³-hybridized carbons (Fsp3) is 0.250. The Bertz CT molecular complexity index is 255. The van der Waals surface area contributed by atoms with Crippen molar-refractivity contribution in [1.29, 1.82) is 0 Å². The van der Waals surface area contributed by atoms with Gasteiger partial charge in [0.15, 0.2) is 0 Å². The number of hydrogen-bond acceptors (Lipinski definition) is 3. The minimum atomic E-state index is 0.921. The molecule has 3 heteroatoms. The number of nitrogens with one attached hydrogen (secondary N) is 1. The zero-order valence-electron chi connectivity index (χ0n) is 6.70. The lowest BCUT2D eigenvalue weighted by atomic mass is 10.3. The first kappa shape index (κ1) is 7.72. The Balaban J connectivity index is 3.02. The van der Waals surface area contributed by atoms with Gasteiger partial charge in [0.05, 0.1) is 17.6 Å². The van der Waals surface area contributed by atoms with E-state index >= 15 is 0 Å². The SMILES string of the molecule is CC=Nc1ccncc1NC. The number of pyridine rings is 1. The van der Waals surface area contributed by atoms with Crippen LogP contribution in [-0.2, 0) is 0 Å². The number of anilines is 1. The van der Waals surface area contributed by atoms with Crippen molar-refractivity contribution in [3.8, 4) is 0 Å². The number of aromatic nitrogens is 1. The molecule has 0 unspecified atom stereocenters. The zero-order valence-corrected chi connectivity index (χ0v) is 6.70. The van der Waals surface area contributed by atoms with Crippen LogP contribution in [0.4, 0.5) is 11.4 Å². The minimum Gasteiger partial charge on any atom is -0.385 e. The maximum atomic E-state index is 4.15. The molecule has 0 amide bonds. The van der Waals surface area contributed by atoms with Crippen LogP contribution in [-0.4, -0.2) is 18.2 Å². The first-order chi connectivity index (χ1) is 5.38. The first-order valence-electron chi connectivity index (χ1n) is 3.49. The van der Waals surface area contributed by atoms with Gasteiger partial charge >= 0.3 is 0 Å². The third-order valence-electron chi connectivity index (χ3n) is 1.34. The van der Waals surface area contributed by atoms with E-state index < -0.39 is 0 Å². The lowest BCUT2D eigenvalue weighted by Crippen LogP contribution is -1.88. The standard InChI is InChI=1S/C8H11N3/c1-3-11-7-4-5-10-6-8(7)9-2/h3-6,9H,1-2H3. The molecule has 0 radical (unpaired) electrons. The van der Waals surface area contributed by atoms with E-state index in [4.69, 9.17) is 0 Å². The van der Waals surface area contributed by atoms with Crippen molar-refractivity contribution in [2.24, 2.45) is 4.99 Å². The highest BCUT2D eigenvalue weighted by atomic mass is 14.9. The van der Waals surface area contributed by atoms with Gasteiger partial charge in [-0.25, -0.2) is 0 Å². The summed E-state index contributed by atoms with van der Waals surface area (Å²) < 4.78 is 0. The third kappa shape index (κ3) is 1.77. The van der Waals surface area contributed by atoms with E-state index in [1.165, 1.54) is 0 Å². The van der Waals surface area contributed by atoms with Crippen LogP contribution in [0.1, 0.15) is 6.92 Å². The first-order valence-corrected chi connectivity index (χ1v) is 3.49. The van der Waals surface area contributed by atoms with Crippen molar-refractivity contribution < 1.29 is 0 Å². The van der Waals surface area contributed by atoms with Gasteiger partial charge in [-0.1, -0.05) is 0 Å². The second kappa shape index (κ2) is 3.71. The van der Waals surface area contributed by atoms with Crippen LogP contribution in [0.2, 0.25) is 0 Å². The fourth-order valence-corrected chi connectivity index (χ4v) is 0.831. The molecule has 1 heterocycles. The van der Waals surface area contributed by atoms with Crippen LogP contribution in [0.5, 0.6) is 0 Å². The molecular formula is C8H11N3. The minimum absolute atomic E-state index is 0.921. The third-order valence-corrected chi connectivity index (χ3v) is 1.34. The van der Waals surface area contributed by atoms with Crippen LogP contribution in [0.15, 0.2) is 23.5 Å². The molecule has 1 N–H and O–H groups in total. The van der Waals surface area contributed by atoms with E-state index in [1.807, 2.05) is 20.0 Å². The summed E-state index contributed by atoms with van der Waals surface area (Å²) in [7, 11) is 1.85. The molecule has 11 heavy (non-hydrogen) atoms. The number of rotatable bonds is 2. The summed E-state index contributed by atoms with van der Waals surface area (Å²) in [6.07, 6.45) is 5.24. The Hall–Kier alpha value is -1.38. The Morgan fingerprint density at radius 2 is 2.45 bits per heavy atom. The molecule has 0 saturated carbocycles. The number of hydrogen-bond donors (Lipinski definition) is 1. The molecule has 0 aliphatic rings. The second-order valence-electron chi connectivity index (χ2n) is 2.03. The fourth-order valence-electron chi connectivity index (χ4n) is 0.831. The van der Waals surface area contributed by atoms with Crippen molar-refractivity contribution in [2.75, 3.05) is 12.4 Å². The van der Waals surface area contributed by atoms with Gasteiger partial charge in [0.1, 0.15) is 0 Å². The molecule has 1 rings (SSSR count). The highest BCUT2D eigenvalue weighted by Crippen LogP contribution is 2.21. The van der Waals surface area contributed by atoms with Gasteiger partial charge in [0, 0.05) is 19.5 Å². The maximum Gasteiger partial charge on any atom is 0.0888 e. The topological polar surface area (TPSA) is 37.3 Å². The molecule has 0 aliphatic heterocycles. The normalized spacial score (nSPS) is 10.4. The average Bonchev–Trinajstić information content (AvgIpc) is 2.06. The molecule has 1 aromatic rings. The highest BCUT2D eigenvalue weighted by molar-refractivity contribution is 5.70. The molecular weight excluding hydrogens is 138 g/mol. The molecule has 0 spiro atoms. The van der Waals surface area contributed by atoms with E-state index in [0.717, 1.165) is 11.4 Å². The van der Waals surface area contributed by atoms with Gasteiger partial charge in [-0.15, -0.1) is 0 Å². The quantitative estimate of drug-likeness (QED) is 0.651. The molecule has 1 aromatic heterocycles. The van der Waals surface area contributed by atoms with Crippen molar-refractivity contribution in [3.05, 3.63) is 18.5 Å². The van der Waals surface area contributed by atoms with E-state index in [2.05, 4.69) is 15.3 Å². The van der Waals surface area contributed by atoms with Gasteiger partial charge in [-0.3, -0.25) is 9.98 Å². The van der Waals surface area contributed by atoms with E-state index in [1.54, 1.807) is 18.6 Å². The van der Waals surface area contributed by atoms with E-state index in [0.29, 0.717) is 0 Å². The molecule has 3 nitrogen and oxygen atoms in total. The van der Waals surface area contributed by atoms with Crippen molar-refractivity contribution in [3.63, 3.8) is 0 Å². The lowest BCUT2D eigenvalue weighted by molar-refractivity contribution is 1.30. The molecule has 0 bridgehead atoms. The summed E-state index contributed by atoms with van der Waals surface area (Å²) in [6.45, 7) is 1.89. The second-order valence-corrected chi connectivity index (χ2v) is 2.03. The predicted molar refractivity (Wildman–Crippen MR) is 47.6 cm³/mol. The van der Waals surface area contributed by atoms with Gasteiger partial charge in [0.2, 0.25) is 0 Å². The summed E-state index contributed by atoms with van der Waals surface area (Å²) in [5.74, 6) is 0. The highest BCUT2D eigenvalue weighted by Gasteiger charge is 1.94. The Morgan fingerprint density at radius 3 is 3.09 bits per heavy atom. The van der Waals surface area contributed by atoms with Gasteiger partial charge in [0.25, 0.3) is 0 Å². The van der Waals surface area contributed by atoms with Crippen LogP contribution in [0.3, 0.4) is 0 Å². The monoisotopic (exact) mass is 149 g/mol. The van der Waals surface area contributed by atoms with Gasteiger partial charge in [-0.05, 0) is 13.0 Å². The molecule has 0 aromatic carbocycles. The average molecular weight is 149 g/mol. The Kier molecular flexibility index (Phi) is 2.60. The summed E-state index contributed by atoms with van der Waals surface area (Å²) in [5.41, 5.74) is 1.87. The summed E-state index contributed by atoms with van der Waals surface area (Å²) in [6, 6.07) is 1.87. The van der Waals surface area contributed by atoms with Crippen molar-refractivity contribution in [2.45, 2.75) is 6.92 Å². The molecule has 58 valence electrons. The van der Waals surface area contributed by atoms with Crippen LogP contribution in [0.25, 0.3) is 0 Å². The van der Waals surface area contributed by atoms with Crippen molar-refractivity contribution in [1.82, 2.24) is 4.98 Å². The maximum absolute atomic E-state index is 4.15. The summed E-state index contributed by atoms with van der Waals surface area (Å²) in [4.78, 5) is 8.11. The largest absolute Gasteiger partial charge is 0.385 e. The number of aliphatic imine (C=N–C) groups is 1. The zero-order chi connectivity index (χ0) is 8.10. The molecule has 0 fully saturated rings. The lowest BCUT2D eigenvalue weighted by Gasteiger charge is -2.01. The number of nitrogens with zero attached hydrogens (tertiary/aromatic N) is 2. The molecule has 0 saturated heterocycles. The van der Waals surface area contributed by atoms with Crippen LogP contribution < -0.4 is 5.32 Å². The summed E-state index contributed by atoms with van der Waals surface area (Å²) >= 11 is 0.